The standard InChI is InChI=1S/C11H21NO4S2/c13-17(14)7-2-5-11(17)9-12-18(15,16)8-6-10-3-1-4-10/h10-12H,1-9H2. The van der Waals surface area contributed by atoms with E-state index < -0.39 is 25.1 Å². The van der Waals surface area contributed by atoms with Crippen LogP contribution in [-0.2, 0) is 19.9 Å². The van der Waals surface area contributed by atoms with E-state index in [4.69, 9.17) is 0 Å². The summed E-state index contributed by atoms with van der Waals surface area (Å²) in [6, 6.07) is 0. The van der Waals surface area contributed by atoms with E-state index >= 15 is 0 Å². The first-order chi connectivity index (χ1) is 8.39. The third-order valence-corrected chi connectivity index (χ3v) is 7.67. The first kappa shape index (κ1) is 14.3. The summed E-state index contributed by atoms with van der Waals surface area (Å²) in [6.07, 6.45) is 5.40. The fourth-order valence-corrected chi connectivity index (χ4v) is 5.60. The molecule has 0 bridgehead atoms. The van der Waals surface area contributed by atoms with Gasteiger partial charge in [-0.2, -0.15) is 0 Å². The second-order valence-corrected chi connectivity index (χ2v) is 9.71. The predicted octanol–water partition coefficient (Wildman–Crippen LogP) is 0.673. The van der Waals surface area contributed by atoms with Crippen molar-refractivity contribution < 1.29 is 16.8 Å². The lowest BCUT2D eigenvalue weighted by Crippen LogP contribution is -2.36. The Morgan fingerprint density at radius 3 is 2.33 bits per heavy atom. The molecule has 1 N–H and O–H groups in total. The van der Waals surface area contributed by atoms with Crippen molar-refractivity contribution in [2.75, 3.05) is 18.1 Å². The van der Waals surface area contributed by atoms with Crippen LogP contribution < -0.4 is 4.72 Å². The van der Waals surface area contributed by atoms with Crippen molar-refractivity contribution in [2.24, 2.45) is 5.92 Å². The largest absolute Gasteiger partial charge is 0.229 e. The molecule has 2 aliphatic rings. The van der Waals surface area contributed by atoms with E-state index in [1.54, 1.807) is 0 Å². The van der Waals surface area contributed by atoms with Crippen LogP contribution in [0.1, 0.15) is 38.5 Å². The second-order valence-electron chi connectivity index (χ2n) is 5.38. The van der Waals surface area contributed by atoms with Gasteiger partial charge in [-0.05, 0) is 25.2 Å². The highest BCUT2D eigenvalue weighted by molar-refractivity contribution is 7.92. The molecule has 0 radical (unpaired) electrons. The molecule has 0 spiro atoms. The third kappa shape index (κ3) is 3.68. The predicted molar refractivity (Wildman–Crippen MR) is 70.6 cm³/mol. The van der Waals surface area contributed by atoms with Crippen LogP contribution in [0.25, 0.3) is 0 Å². The Labute approximate surface area is 109 Å². The molecule has 5 nitrogen and oxygen atoms in total. The van der Waals surface area contributed by atoms with Gasteiger partial charge < -0.3 is 0 Å². The fraction of sp³-hybridized carbons (Fsp3) is 1.00. The van der Waals surface area contributed by atoms with Gasteiger partial charge in [0.25, 0.3) is 0 Å². The maximum Gasteiger partial charge on any atom is 0.211 e. The van der Waals surface area contributed by atoms with E-state index in [2.05, 4.69) is 4.72 Å². The number of sulfone groups is 1. The molecule has 1 heterocycles. The molecule has 1 saturated carbocycles. The summed E-state index contributed by atoms with van der Waals surface area (Å²) in [7, 11) is -6.37. The van der Waals surface area contributed by atoms with Crippen molar-refractivity contribution in [1.82, 2.24) is 4.72 Å². The number of hydrogen-bond donors (Lipinski definition) is 1. The van der Waals surface area contributed by atoms with Crippen molar-refractivity contribution in [3.63, 3.8) is 0 Å². The SMILES string of the molecule is O=S(=O)(CCC1CCC1)NCC1CCCS1(=O)=O. The first-order valence-electron chi connectivity index (χ1n) is 6.58. The summed E-state index contributed by atoms with van der Waals surface area (Å²) in [5.74, 6) is 0.878. The summed E-state index contributed by atoms with van der Waals surface area (Å²) in [6.45, 7) is 0.0509. The minimum Gasteiger partial charge on any atom is -0.229 e. The van der Waals surface area contributed by atoms with Crippen molar-refractivity contribution in [2.45, 2.75) is 43.8 Å². The van der Waals surface area contributed by atoms with E-state index in [0.717, 1.165) is 12.8 Å². The summed E-state index contributed by atoms with van der Waals surface area (Å²) >= 11 is 0. The average molecular weight is 295 g/mol. The molecule has 1 unspecified atom stereocenters. The van der Waals surface area contributed by atoms with Gasteiger partial charge in [-0.1, -0.05) is 19.3 Å². The third-order valence-electron chi connectivity index (χ3n) is 4.01. The molecule has 0 aromatic rings. The molecular formula is C11H21NO4S2. The summed E-state index contributed by atoms with van der Waals surface area (Å²) < 4.78 is 49.1. The van der Waals surface area contributed by atoms with Crippen molar-refractivity contribution in [1.29, 1.82) is 0 Å². The van der Waals surface area contributed by atoms with Crippen LogP contribution in [-0.4, -0.2) is 40.1 Å². The summed E-state index contributed by atoms with van der Waals surface area (Å²) in [5, 5.41) is -0.518. The molecule has 1 aliphatic carbocycles. The zero-order chi connectivity index (χ0) is 13.2. The minimum absolute atomic E-state index is 0.0509. The average Bonchev–Trinajstić information content (AvgIpc) is 2.52. The van der Waals surface area contributed by atoms with E-state index in [1.807, 2.05) is 0 Å². The highest BCUT2D eigenvalue weighted by Crippen LogP contribution is 2.29. The fourth-order valence-electron chi connectivity index (χ4n) is 2.48. The minimum atomic E-state index is -3.30. The monoisotopic (exact) mass is 295 g/mol. The molecule has 2 rings (SSSR count). The lowest BCUT2D eigenvalue weighted by Gasteiger charge is -2.25. The van der Waals surface area contributed by atoms with Gasteiger partial charge >= 0.3 is 0 Å². The zero-order valence-corrected chi connectivity index (χ0v) is 12.1. The normalized spacial score (nSPS) is 28.1. The molecular weight excluding hydrogens is 274 g/mol. The van der Waals surface area contributed by atoms with Crippen LogP contribution in [0.2, 0.25) is 0 Å². The number of nitrogens with one attached hydrogen (secondary N) is 1. The zero-order valence-electron chi connectivity index (χ0n) is 10.5. The van der Waals surface area contributed by atoms with Crippen LogP contribution in [0, 0.1) is 5.92 Å². The number of rotatable bonds is 6. The molecule has 0 amide bonds. The summed E-state index contributed by atoms with van der Waals surface area (Å²) in [4.78, 5) is 0. The molecule has 1 saturated heterocycles. The number of sulfonamides is 1. The topological polar surface area (TPSA) is 80.3 Å². The Morgan fingerprint density at radius 1 is 1.11 bits per heavy atom. The maximum absolute atomic E-state index is 11.7. The quantitative estimate of drug-likeness (QED) is 0.781. The van der Waals surface area contributed by atoms with E-state index in [-0.39, 0.29) is 18.1 Å². The van der Waals surface area contributed by atoms with E-state index in [0.29, 0.717) is 25.2 Å². The van der Waals surface area contributed by atoms with Crippen LogP contribution in [0.3, 0.4) is 0 Å². The molecule has 1 atom stereocenters. The van der Waals surface area contributed by atoms with Gasteiger partial charge in [0.2, 0.25) is 10.0 Å². The van der Waals surface area contributed by atoms with Crippen molar-refractivity contribution in [3.8, 4) is 0 Å². The van der Waals surface area contributed by atoms with Gasteiger partial charge in [0, 0.05) is 6.54 Å². The lowest BCUT2D eigenvalue weighted by molar-refractivity contribution is 0.307. The van der Waals surface area contributed by atoms with Crippen LogP contribution >= 0.6 is 0 Å². The van der Waals surface area contributed by atoms with Gasteiger partial charge in [0.15, 0.2) is 9.84 Å². The maximum atomic E-state index is 11.7. The Kier molecular flexibility index (Phi) is 4.33. The smallest absolute Gasteiger partial charge is 0.211 e. The Balaban J connectivity index is 1.77. The highest BCUT2D eigenvalue weighted by Gasteiger charge is 2.32. The van der Waals surface area contributed by atoms with E-state index in [9.17, 15) is 16.8 Å². The van der Waals surface area contributed by atoms with Gasteiger partial charge in [-0.15, -0.1) is 0 Å². The summed E-state index contributed by atoms with van der Waals surface area (Å²) in [5.41, 5.74) is 0. The Bertz CT molecular complexity index is 479. The molecule has 0 aromatic heterocycles. The number of hydrogen-bond acceptors (Lipinski definition) is 4. The molecule has 18 heavy (non-hydrogen) atoms. The molecule has 106 valence electrons. The lowest BCUT2D eigenvalue weighted by atomic mass is 9.84. The van der Waals surface area contributed by atoms with Gasteiger partial charge in [-0.25, -0.2) is 21.6 Å². The first-order valence-corrected chi connectivity index (χ1v) is 9.95. The van der Waals surface area contributed by atoms with Crippen LogP contribution in [0.5, 0.6) is 0 Å². The van der Waals surface area contributed by atoms with Crippen LogP contribution in [0.4, 0.5) is 0 Å². The molecule has 7 heteroatoms. The molecule has 2 fully saturated rings. The van der Waals surface area contributed by atoms with E-state index in [1.165, 1.54) is 6.42 Å². The van der Waals surface area contributed by atoms with Crippen LogP contribution in [0.15, 0.2) is 0 Å². The Hall–Kier alpha value is -0.140. The molecule has 1 aliphatic heterocycles. The van der Waals surface area contributed by atoms with Gasteiger partial charge in [0.05, 0.1) is 16.8 Å². The highest BCUT2D eigenvalue weighted by atomic mass is 32.2. The van der Waals surface area contributed by atoms with Crippen molar-refractivity contribution >= 4 is 19.9 Å². The molecule has 0 aromatic carbocycles. The van der Waals surface area contributed by atoms with Gasteiger partial charge in [0.1, 0.15) is 0 Å². The Morgan fingerprint density at radius 2 is 1.83 bits per heavy atom. The second kappa shape index (κ2) is 5.46. The van der Waals surface area contributed by atoms with Gasteiger partial charge in [-0.3, -0.25) is 0 Å². The van der Waals surface area contributed by atoms with Crippen molar-refractivity contribution in [3.05, 3.63) is 0 Å².